The number of aromatic nitrogens is 1. The predicted octanol–water partition coefficient (Wildman–Crippen LogP) is 0.988. The number of rotatable bonds is 2. The molecule has 0 aromatic carbocycles. The van der Waals surface area contributed by atoms with Crippen LogP contribution in [0.2, 0.25) is 0 Å². The van der Waals surface area contributed by atoms with Crippen molar-refractivity contribution >= 4 is 5.78 Å². The molecule has 0 saturated carbocycles. The number of nitrogens with zero attached hydrogens (tertiary/aromatic N) is 1. The molecule has 2 heterocycles. The van der Waals surface area contributed by atoms with Crippen molar-refractivity contribution in [1.29, 1.82) is 0 Å². The second-order valence-corrected chi connectivity index (χ2v) is 3.49. The SMILES string of the molecule is Cc1ccc(C(=O)C2COCCO2)cn1. The average molecular weight is 207 g/mol. The summed E-state index contributed by atoms with van der Waals surface area (Å²) in [5.74, 6) is -0.0535. The summed E-state index contributed by atoms with van der Waals surface area (Å²) < 4.78 is 10.5. The third kappa shape index (κ3) is 2.40. The Bertz CT molecular complexity index is 341. The first kappa shape index (κ1) is 10.3. The topological polar surface area (TPSA) is 48.4 Å². The fraction of sp³-hybridized carbons (Fsp3) is 0.455. The number of hydrogen-bond acceptors (Lipinski definition) is 4. The lowest BCUT2D eigenvalue weighted by molar-refractivity contribution is -0.0719. The highest BCUT2D eigenvalue weighted by atomic mass is 16.6. The molecule has 1 unspecified atom stereocenters. The highest BCUT2D eigenvalue weighted by Gasteiger charge is 2.23. The van der Waals surface area contributed by atoms with E-state index in [0.717, 1.165) is 5.69 Å². The van der Waals surface area contributed by atoms with Gasteiger partial charge in [-0.15, -0.1) is 0 Å². The lowest BCUT2D eigenvalue weighted by Crippen LogP contribution is -2.35. The average Bonchev–Trinajstić information content (AvgIpc) is 2.30. The van der Waals surface area contributed by atoms with E-state index in [1.54, 1.807) is 12.3 Å². The van der Waals surface area contributed by atoms with Crippen molar-refractivity contribution in [3.05, 3.63) is 29.6 Å². The van der Waals surface area contributed by atoms with Gasteiger partial charge in [0.25, 0.3) is 0 Å². The Morgan fingerprint density at radius 2 is 2.33 bits per heavy atom. The molecule has 0 radical (unpaired) electrons. The predicted molar refractivity (Wildman–Crippen MR) is 53.9 cm³/mol. The normalized spacial score (nSPS) is 21.3. The molecule has 1 aromatic heterocycles. The molecule has 15 heavy (non-hydrogen) atoms. The Labute approximate surface area is 88.2 Å². The van der Waals surface area contributed by atoms with Crippen LogP contribution in [0.15, 0.2) is 18.3 Å². The number of carbonyl (C=O) groups excluding carboxylic acids is 1. The van der Waals surface area contributed by atoms with Crippen molar-refractivity contribution in [2.75, 3.05) is 19.8 Å². The van der Waals surface area contributed by atoms with Crippen LogP contribution in [0.5, 0.6) is 0 Å². The van der Waals surface area contributed by atoms with E-state index in [1.807, 2.05) is 13.0 Å². The number of carbonyl (C=O) groups is 1. The smallest absolute Gasteiger partial charge is 0.195 e. The highest BCUT2D eigenvalue weighted by molar-refractivity contribution is 5.99. The van der Waals surface area contributed by atoms with E-state index in [2.05, 4.69) is 4.98 Å². The number of aryl methyl sites for hydroxylation is 1. The van der Waals surface area contributed by atoms with Gasteiger partial charge in [0.1, 0.15) is 6.10 Å². The zero-order valence-electron chi connectivity index (χ0n) is 8.60. The molecule has 4 heteroatoms. The van der Waals surface area contributed by atoms with Gasteiger partial charge in [-0.1, -0.05) is 0 Å². The van der Waals surface area contributed by atoms with Crippen LogP contribution < -0.4 is 0 Å². The lowest BCUT2D eigenvalue weighted by atomic mass is 10.1. The summed E-state index contributed by atoms with van der Waals surface area (Å²) in [6.07, 6.45) is 1.11. The monoisotopic (exact) mass is 207 g/mol. The van der Waals surface area contributed by atoms with Crippen molar-refractivity contribution in [2.24, 2.45) is 0 Å². The first-order chi connectivity index (χ1) is 7.27. The molecule has 0 N–H and O–H groups in total. The van der Waals surface area contributed by atoms with Gasteiger partial charge in [0.05, 0.1) is 19.8 Å². The molecule has 1 aliphatic heterocycles. The highest BCUT2D eigenvalue weighted by Crippen LogP contribution is 2.09. The fourth-order valence-electron chi connectivity index (χ4n) is 1.44. The van der Waals surface area contributed by atoms with Crippen molar-refractivity contribution in [2.45, 2.75) is 13.0 Å². The Balaban J connectivity index is 2.09. The second-order valence-electron chi connectivity index (χ2n) is 3.49. The molecular weight excluding hydrogens is 194 g/mol. The second kappa shape index (κ2) is 4.51. The van der Waals surface area contributed by atoms with Crippen molar-refractivity contribution in [3.63, 3.8) is 0 Å². The van der Waals surface area contributed by atoms with Gasteiger partial charge < -0.3 is 9.47 Å². The summed E-state index contributed by atoms with van der Waals surface area (Å²) in [5, 5.41) is 0. The molecule has 1 fully saturated rings. The standard InChI is InChI=1S/C11H13NO3/c1-8-2-3-9(6-12-8)11(13)10-7-14-4-5-15-10/h2-3,6,10H,4-5,7H2,1H3. The number of ether oxygens (including phenoxy) is 2. The molecule has 1 aliphatic rings. The van der Waals surface area contributed by atoms with Crippen LogP contribution >= 0.6 is 0 Å². The largest absolute Gasteiger partial charge is 0.376 e. The molecule has 0 amide bonds. The summed E-state index contributed by atoms with van der Waals surface area (Å²) in [7, 11) is 0. The minimum atomic E-state index is -0.469. The van der Waals surface area contributed by atoms with E-state index >= 15 is 0 Å². The van der Waals surface area contributed by atoms with Gasteiger partial charge in [-0.05, 0) is 19.1 Å². The molecule has 80 valence electrons. The Morgan fingerprint density at radius 3 is 2.93 bits per heavy atom. The fourth-order valence-corrected chi connectivity index (χ4v) is 1.44. The lowest BCUT2D eigenvalue weighted by Gasteiger charge is -2.21. The number of ketones is 1. The van der Waals surface area contributed by atoms with Gasteiger partial charge in [0.15, 0.2) is 5.78 Å². The molecular formula is C11H13NO3. The Hall–Kier alpha value is -1.26. The number of hydrogen-bond donors (Lipinski definition) is 0. The van der Waals surface area contributed by atoms with E-state index in [-0.39, 0.29) is 5.78 Å². The molecule has 1 aromatic rings. The maximum Gasteiger partial charge on any atom is 0.195 e. The molecule has 0 aliphatic carbocycles. The minimum Gasteiger partial charge on any atom is -0.376 e. The van der Waals surface area contributed by atoms with Gasteiger partial charge >= 0.3 is 0 Å². The van der Waals surface area contributed by atoms with Gasteiger partial charge in [0, 0.05) is 17.5 Å². The Kier molecular flexibility index (Phi) is 3.08. The third-order valence-electron chi connectivity index (χ3n) is 2.30. The first-order valence-corrected chi connectivity index (χ1v) is 4.93. The molecule has 1 atom stereocenters. The van der Waals surface area contributed by atoms with E-state index in [0.29, 0.717) is 25.4 Å². The van der Waals surface area contributed by atoms with Crippen LogP contribution in [0.1, 0.15) is 16.1 Å². The maximum absolute atomic E-state index is 11.9. The van der Waals surface area contributed by atoms with Crippen molar-refractivity contribution in [3.8, 4) is 0 Å². The van der Waals surface area contributed by atoms with Crippen LogP contribution in [0, 0.1) is 6.92 Å². The summed E-state index contributed by atoms with van der Waals surface area (Å²) in [6.45, 7) is 3.27. The molecule has 2 rings (SSSR count). The summed E-state index contributed by atoms with van der Waals surface area (Å²) in [6, 6.07) is 3.58. The number of pyridine rings is 1. The van der Waals surface area contributed by atoms with Crippen LogP contribution in [-0.2, 0) is 9.47 Å². The van der Waals surface area contributed by atoms with E-state index < -0.39 is 6.10 Å². The zero-order chi connectivity index (χ0) is 10.7. The van der Waals surface area contributed by atoms with E-state index in [4.69, 9.17) is 9.47 Å². The van der Waals surface area contributed by atoms with Crippen LogP contribution in [0.25, 0.3) is 0 Å². The van der Waals surface area contributed by atoms with E-state index in [9.17, 15) is 4.79 Å². The van der Waals surface area contributed by atoms with Crippen LogP contribution in [0.3, 0.4) is 0 Å². The van der Waals surface area contributed by atoms with Crippen LogP contribution in [-0.4, -0.2) is 36.7 Å². The van der Waals surface area contributed by atoms with Gasteiger partial charge in [-0.2, -0.15) is 0 Å². The first-order valence-electron chi connectivity index (χ1n) is 4.93. The summed E-state index contributed by atoms with van der Waals surface area (Å²) in [4.78, 5) is 15.9. The Morgan fingerprint density at radius 1 is 1.47 bits per heavy atom. The number of Topliss-reactive ketones (excluding diaryl/α,β-unsaturated/α-hetero) is 1. The molecule has 0 bridgehead atoms. The summed E-state index contributed by atoms with van der Waals surface area (Å²) >= 11 is 0. The summed E-state index contributed by atoms with van der Waals surface area (Å²) in [5.41, 5.74) is 1.48. The van der Waals surface area contributed by atoms with Gasteiger partial charge in [-0.25, -0.2) is 0 Å². The van der Waals surface area contributed by atoms with Gasteiger partial charge in [0.2, 0.25) is 0 Å². The van der Waals surface area contributed by atoms with Crippen LogP contribution in [0.4, 0.5) is 0 Å². The molecule has 1 saturated heterocycles. The minimum absolute atomic E-state index is 0.0535. The molecule has 4 nitrogen and oxygen atoms in total. The molecule has 0 spiro atoms. The zero-order valence-corrected chi connectivity index (χ0v) is 8.60. The maximum atomic E-state index is 11.9. The third-order valence-corrected chi connectivity index (χ3v) is 2.30. The van der Waals surface area contributed by atoms with E-state index in [1.165, 1.54) is 0 Å². The quantitative estimate of drug-likeness (QED) is 0.678. The van der Waals surface area contributed by atoms with Gasteiger partial charge in [-0.3, -0.25) is 9.78 Å². The van der Waals surface area contributed by atoms with Crippen molar-refractivity contribution in [1.82, 2.24) is 4.98 Å². The van der Waals surface area contributed by atoms with Crippen molar-refractivity contribution < 1.29 is 14.3 Å².